The van der Waals surface area contributed by atoms with Crippen molar-refractivity contribution >= 4 is 5.97 Å². The molecule has 1 N–H and O–H groups in total. The highest BCUT2D eigenvalue weighted by Gasteiger charge is 2.25. The summed E-state index contributed by atoms with van der Waals surface area (Å²) in [6.45, 7) is 3.71. The highest BCUT2D eigenvalue weighted by atomic mass is 16.5. The minimum absolute atomic E-state index is 0.0487. The van der Waals surface area contributed by atoms with E-state index in [2.05, 4.69) is 15.1 Å². The van der Waals surface area contributed by atoms with Crippen LogP contribution in [0.4, 0.5) is 0 Å². The molecular formula is C12H16N4O3. The number of hydrogen-bond donors (Lipinski definition) is 1. The zero-order valence-corrected chi connectivity index (χ0v) is 11.1. The van der Waals surface area contributed by atoms with Crippen molar-refractivity contribution in [3.05, 3.63) is 18.3 Å². The van der Waals surface area contributed by atoms with Crippen LogP contribution in [-0.4, -0.2) is 30.8 Å². The van der Waals surface area contributed by atoms with E-state index in [-0.39, 0.29) is 6.42 Å². The van der Waals surface area contributed by atoms with Crippen LogP contribution in [0.1, 0.15) is 26.2 Å². The Morgan fingerprint density at radius 3 is 2.84 bits per heavy atom. The number of imidazole rings is 1. The molecule has 0 bridgehead atoms. The fourth-order valence-electron chi connectivity index (χ4n) is 1.88. The minimum atomic E-state index is -0.839. The van der Waals surface area contributed by atoms with Crippen LogP contribution in [0.25, 0.3) is 11.6 Å². The Hall–Kier alpha value is -2.18. The first-order chi connectivity index (χ1) is 8.87. The molecule has 19 heavy (non-hydrogen) atoms. The van der Waals surface area contributed by atoms with Gasteiger partial charge in [0.05, 0.1) is 6.42 Å². The Bertz CT molecular complexity index is 585. The standard InChI is InChI=1S/C12H16N4O3/c1-12(2,7-9(17)18)6-8-14-10(15-19-8)11-13-4-5-16(11)3/h4-5H,6-7H2,1-3H3,(H,17,18). The summed E-state index contributed by atoms with van der Waals surface area (Å²) in [5, 5.41) is 12.7. The number of carboxylic acids is 1. The lowest BCUT2D eigenvalue weighted by molar-refractivity contribution is -0.139. The molecule has 0 amide bonds. The number of rotatable bonds is 5. The number of carboxylic acid groups (broad SMARTS) is 1. The fraction of sp³-hybridized carbons (Fsp3) is 0.500. The lowest BCUT2D eigenvalue weighted by atomic mass is 9.86. The summed E-state index contributed by atoms with van der Waals surface area (Å²) in [4.78, 5) is 19.1. The van der Waals surface area contributed by atoms with E-state index in [1.165, 1.54) is 0 Å². The summed E-state index contributed by atoms with van der Waals surface area (Å²) in [7, 11) is 1.84. The second-order valence-electron chi connectivity index (χ2n) is 5.28. The van der Waals surface area contributed by atoms with Crippen molar-refractivity contribution in [1.82, 2.24) is 19.7 Å². The number of carbonyl (C=O) groups is 1. The van der Waals surface area contributed by atoms with Crippen LogP contribution in [0.3, 0.4) is 0 Å². The third kappa shape index (κ3) is 3.18. The minimum Gasteiger partial charge on any atom is -0.481 e. The summed E-state index contributed by atoms with van der Waals surface area (Å²) in [5.74, 6) is 0.609. The zero-order valence-electron chi connectivity index (χ0n) is 11.1. The van der Waals surface area contributed by atoms with Gasteiger partial charge in [0.25, 0.3) is 0 Å². The SMILES string of the molecule is Cn1ccnc1-c1noc(CC(C)(C)CC(=O)O)n1. The third-order valence-electron chi connectivity index (χ3n) is 2.75. The van der Waals surface area contributed by atoms with Gasteiger partial charge in [0.1, 0.15) is 0 Å². The van der Waals surface area contributed by atoms with Crippen molar-refractivity contribution in [1.29, 1.82) is 0 Å². The van der Waals surface area contributed by atoms with Gasteiger partial charge in [-0.05, 0) is 5.41 Å². The van der Waals surface area contributed by atoms with E-state index in [1.54, 1.807) is 17.0 Å². The zero-order chi connectivity index (χ0) is 14.0. The van der Waals surface area contributed by atoms with Gasteiger partial charge in [-0.25, -0.2) is 4.98 Å². The van der Waals surface area contributed by atoms with Crippen LogP contribution >= 0.6 is 0 Å². The second-order valence-corrected chi connectivity index (χ2v) is 5.28. The van der Waals surface area contributed by atoms with Gasteiger partial charge in [-0.2, -0.15) is 4.98 Å². The summed E-state index contributed by atoms with van der Waals surface area (Å²) >= 11 is 0. The highest BCUT2D eigenvalue weighted by Crippen LogP contribution is 2.26. The molecule has 0 aliphatic heterocycles. The van der Waals surface area contributed by atoms with Gasteiger partial charge in [-0.15, -0.1) is 0 Å². The lowest BCUT2D eigenvalue weighted by Crippen LogP contribution is -2.19. The fourth-order valence-corrected chi connectivity index (χ4v) is 1.88. The number of nitrogens with zero attached hydrogens (tertiary/aromatic N) is 4. The molecule has 0 radical (unpaired) electrons. The number of aliphatic carboxylic acids is 1. The van der Waals surface area contributed by atoms with Gasteiger partial charge in [0.2, 0.25) is 11.7 Å². The van der Waals surface area contributed by atoms with E-state index in [0.717, 1.165) is 0 Å². The summed E-state index contributed by atoms with van der Waals surface area (Å²) in [6, 6.07) is 0. The molecule has 0 saturated carbocycles. The number of aryl methyl sites for hydroxylation is 1. The van der Waals surface area contributed by atoms with E-state index in [1.807, 2.05) is 20.9 Å². The largest absolute Gasteiger partial charge is 0.481 e. The Kier molecular flexibility index (Phi) is 3.37. The first-order valence-corrected chi connectivity index (χ1v) is 5.89. The first kappa shape index (κ1) is 13.3. The molecule has 0 aliphatic rings. The predicted octanol–water partition coefficient (Wildman–Crippen LogP) is 1.51. The Morgan fingerprint density at radius 2 is 2.26 bits per heavy atom. The van der Waals surface area contributed by atoms with E-state index in [4.69, 9.17) is 9.63 Å². The van der Waals surface area contributed by atoms with E-state index >= 15 is 0 Å². The molecule has 0 spiro atoms. The van der Waals surface area contributed by atoms with Crippen molar-refractivity contribution in [3.8, 4) is 11.6 Å². The van der Waals surface area contributed by atoms with Gasteiger partial charge in [-0.1, -0.05) is 19.0 Å². The molecule has 2 rings (SSSR count). The van der Waals surface area contributed by atoms with Gasteiger partial charge in [-0.3, -0.25) is 4.79 Å². The van der Waals surface area contributed by atoms with E-state index in [9.17, 15) is 4.79 Å². The predicted molar refractivity (Wildman–Crippen MR) is 66.2 cm³/mol. The maximum atomic E-state index is 10.8. The van der Waals surface area contributed by atoms with Crippen LogP contribution in [0, 0.1) is 5.41 Å². The van der Waals surface area contributed by atoms with Crippen molar-refractivity contribution < 1.29 is 14.4 Å². The van der Waals surface area contributed by atoms with Crippen molar-refractivity contribution in [3.63, 3.8) is 0 Å². The average Bonchev–Trinajstić information content (AvgIpc) is 2.84. The van der Waals surface area contributed by atoms with E-state index in [0.29, 0.717) is 24.0 Å². The molecule has 2 aromatic heterocycles. The number of hydrogen-bond acceptors (Lipinski definition) is 5. The van der Waals surface area contributed by atoms with Crippen LogP contribution < -0.4 is 0 Å². The summed E-state index contributed by atoms with van der Waals surface area (Å²) in [6.07, 6.45) is 3.91. The second kappa shape index (κ2) is 4.83. The molecule has 0 atom stereocenters. The molecule has 0 aliphatic carbocycles. The molecule has 0 unspecified atom stereocenters. The third-order valence-corrected chi connectivity index (χ3v) is 2.75. The molecule has 102 valence electrons. The normalized spacial score (nSPS) is 11.7. The molecule has 0 aromatic carbocycles. The van der Waals surface area contributed by atoms with Crippen LogP contribution in [0.5, 0.6) is 0 Å². The average molecular weight is 264 g/mol. The first-order valence-electron chi connectivity index (χ1n) is 5.89. The molecule has 0 saturated heterocycles. The lowest BCUT2D eigenvalue weighted by Gasteiger charge is -2.19. The molecule has 0 fully saturated rings. The monoisotopic (exact) mass is 264 g/mol. The Morgan fingerprint density at radius 1 is 1.53 bits per heavy atom. The summed E-state index contributed by atoms with van der Waals surface area (Å²) < 4.78 is 6.94. The molecular weight excluding hydrogens is 248 g/mol. The molecule has 2 aromatic rings. The highest BCUT2D eigenvalue weighted by molar-refractivity contribution is 5.67. The molecule has 7 nitrogen and oxygen atoms in total. The van der Waals surface area contributed by atoms with Crippen molar-refractivity contribution in [2.75, 3.05) is 0 Å². The van der Waals surface area contributed by atoms with E-state index < -0.39 is 11.4 Å². The Labute approximate surface area is 110 Å². The maximum absolute atomic E-state index is 10.8. The van der Waals surface area contributed by atoms with Gasteiger partial charge < -0.3 is 14.2 Å². The molecule has 7 heteroatoms. The Balaban J connectivity index is 2.14. The quantitative estimate of drug-likeness (QED) is 0.879. The number of aromatic nitrogens is 4. The van der Waals surface area contributed by atoms with Crippen LogP contribution in [-0.2, 0) is 18.3 Å². The maximum Gasteiger partial charge on any atom is 0.303 e. The van der Waals surface area contributed by atoms with Gasteiger partial charge >= 0.3 is 5.97 Å². The van der Waals surface area contributed by atoms with Gasteiger partial charge in [0.15, 0.2) is 5.82 Å². The smallest absolute Gasteiger partial charge is 0.303 e. The molecule has 2 heterocycles. The van der Waals surface area contributed by atoms with Crippen LogP contribution in [0.2, 0.25) is 0 Å². The van der Waals surface area contributed by atoms with Crippen molar-refractivity contribution in [2.45, 2.75) is 26.7 Å². The summed E-state index contributed by atoms with van der Waals surface area (Å²) in [5.41, 5.74) is -0.433. The van der Waals surface area contributed by atoms with Crippen LogP contribution in [0.15, 0.2) is 16.9 Å². The topological polar surface area (TPSA) is 94.0 Å². The van der Waals surface area contributed by atoms with Gasteiger partial charge in [0, 0.05) is 25.9 Å². The van der Waals surface area contributed by atoms with Crippen molar-refractivity contribution in [2.24, 2.45) is 12.5 Å².